The van der Waals surface area contributed by atoms with Gasteiger partial charge in [-0.05, 0) is 30.3 Å². The Balaban J connectivity index is 1.88. The summed E-state index contributed by atoms with van der Waals surface area (Å²) in [5.41, 5.74) is 0.655. The summed E-state index contributed by atoms with van der Waals surface area (Å²) in [6, 6.07) is 7.48. The average molecular weight is 441 g/mol. The minimum absolute atomic E-state index is 0.0131. The highest BCUT2D eigenvalue weighted by Gasteiger charge is 2.25. The Labute approximate surface area is 174 Å². The maximum Gasteiger partial charge on any atom is 0.266 e. The molecule has 1 aromatic heterocycles. The summed E-state index contributed by atoms with van der Waals surface area (Å²) < 4.78 is 31.1. The number of hydrogen-bond acceptors (Lipinski definition) is 7. The van der Waals surface area contributed by atoms with E-state index >= 15 is 0 Å². The lowest BCUT2D eigenvalue weighted by Gasteiger charge is -2.29. The number of sulfonamides is 1. The predicted octanol–water partition coefficient (Wildman–Crippen LogP) is 2.01. The van der Waals surface area contributed by atoms with Crippen LogP contribution >= 0.6 is 11.6 Å². The van der Waals surface area contributed by atoms with Crippen molar-refractivity contribution in [3.05, 3.63) is 47.1 Å². The molecule has 1 fully saturated rings. The summed E-state index contributed by atoms with van der Waals surface area (Å²) in [4.78, 5) is 23.7. The van der Waals surface area contributed by atoms with Crippen LogP contribution in [0.5, 0.6) is 0 Å². The lowest BCUT2D eigenvalue weighted by atomic mass is 10.2. The van der Waals surface area contributed by atoms with Gasteiger partial charge in [-0.3, -0.25) is 9.63 Å². The first-order chi connectivity index (χ1) is 13.8. The molecule has 0 spiro atoms. The Hall–Kier alpha value is -2.24. The number of hydroxylamine groups is 1. The number of pyridine rings is 1. The summed E-state index contributed by atoms with van der Waals surface area (Å²) in [7, 11) is -1.55. The summed E-state index contributed by atoms with van der Waals surface area (Å²) in [6.45, 7) is 2.48. The Morgan fingerprint density at radius 1 is 1.31 bits per heavy atom. The smallest absolute Gasteiger partial charge is 0.266 e. The normalized spacial score (nSPS) is 14.8. The molecule has 0 aliphatic carbocycles. The van der Waals surface area contributed by atoms with Gasteiger partial charge < -0.3 is 15.0 Å². The Morgan fingerprint density at radius 2 is 2.03 bits per heavy atom. The third kappa shape index (κ3) is 4.68. The minimum atomic E-state index is -4.01. The van der Waals surface area contributed by atoms with Crippen LogP contribution in [0.15, 0.2) is 41.4 Å². The fourth-order valence-electron chi connectivity index (χ4n) is 2.80. The Bertz CT molecular complexity index is 995. The molecule has 3 rings (SSSR count). The Kier molecular flexibility index (Phi) is 6.70. The van der Waals surface area contributed by atoms with Gasteiger partial charge in [0.1, 0.15) is 4.90 Å². The zero-order valence-electron chi connectivity index (χ0n) is 16.0. The molecule has 29 heavy (non-hydrogen) atoms. The number of nitrogens with one attached hydrogen (secondary N) is 1. The van der Waals surface area contributed by atoms with Crippen molar-refractivity contribution in [2.75, 3.05) is 50.7 Å². The summed E-state index contributed by atoms with van der Waals surface area (Å²) in [6.07, 6.45) is 1.65. The highest BCUT2D eigenvalue weighted by Crippen LogP contribution is 2.27. The fourth-order valence-corrected chi connectivity index (χ4v) is 4.27. The topological polar surface area (TPSA) is 101 Å². The zero-order valence-corrected chi connectivity index (χ0v) is 17.5. The average Bonchev–Trinajstić information content (AvgIpc) is 2.74. The second kappa shape index (κ2) is 9.06. The maximum absolute atomic E-state index is 12.8. The number of amides is 1. The molecule has 0 atom stereocenters. The van der Waals surface area contributed by atoms with E-state index in [0.29, 0.717) is 42.3 Å². The molecule has 1 aliphatic heterocycles. The number of ether oxygens (including phenoxy) is 1. The van der Waals surface area contributed by atoms with Crippen LogP contribution < -0.4 is 10.2 Å². The van der Waals surface area contributed by atoms with Crippen LogP contribution in [0.1, 0.15) is 10.4 Å². The lowest BCUT2D eigenvalue weighted by Crippen LogP contribution is -2.37. The first-order valence-electron chi connectivity index (χ1n) is 8.76. The van der Waals surface area contributed by atoms with E-state index in [-0.39, 0.29) is 15.5 Å². The second-order valence-corrected chi connectivity index (χ2v) is 8.48. The zero-order chi connectivity index (χ0) is 21.0. The molecule has 0 saturated carbocycles. The van der Waals surface area contributed by atoms with Gasteiger partial charge in [-0.1, -0.05) is 16.1 Å². The largest absolute Gasteiger partial charge is 0.378 e. The van der Waals surface area contributed by atoms with Gasteiger partial charge in [-0.15, -0.1) is 0 Å². The molecule has 1 N–H and O–H groups in total. The second-order valence-electron chi connectivity index (χ2n) is 6.17. The number of rotatable bonds is 6. The third-order valence-corrected chi connectivity index (χ3v) is 6.57. The van der Waals surface area contributed by atoms with Crippen LogP contribution in [0, 0.1) is 0 Å². The van der Waals surface area contributed by atoms with Crippen molar-refractivity contribution in [2.45, 2.75) is 4.90 Å². The molecule has 156 valence electrons. The molecule has 1 amide bonds. The number of hydrogen-bond donors (Lipinski definition) is 1. The van der Waals surface area contributed by atoms with Gasteiger partial charge in [-0.25, -0.2) is 13.4 Å². The molecule has 2 heterocycles. The number of aromatic nitrogens is 1. The van der Waals surface area contributed by atoms with Gasteiger partial charge in [0, 0.05) is 31.9 Å². The van der Waals surface area contributed by atoms with E-state index in [1.165, 1.54) is 32.4 Å². The van der Waals surface area contributed by atoms with Crippen molar-refractivity contribution >= 4 is 39.0 Å². The van der Waals surface area contributed by atoms with Crippen molar-refractivity contribution in [1.29, 1.82) is 0 Å². The van der Waals surface area contributed by atoms with Crippen molar-refractivity contribution in [2.24, 2.45) is 0 Å². The minimum Gasteiger partial charge on any atom is -0.378 e. The number of anilines is 2. The first kappa shape index (κ1) is 21.5. The molecule has 11 heteroatoms. The van der Waals surface area contributed by atoms with Gasteiger partial charge in [-0.2, -0.15) is 0 Å². The Morgan fingerprint density at radius 3 is 2.72 bits per heavy atom. The van der Waals surface area contributed by atoms with E-state index in [4.69, 9.17) is 21.2 Å². The number of morpholine rings is 1. The molecular weight excluding hydrogens is 420 g/mol. The van der Waals surface area contributed by atoms with Gasteiger partial charge in [0.15, 0.2) is 5.82 Å². The summed E-state index contributed by atoms with van der Waals surface area (Å²) in [5.74, 6) is 0.144. The summed E-state index contributed by atoms with van der Waals surface area (Å²) >= 11 is 6.05. The van der Waals surface area contributed by atoms with E-state index < -0.39 is 15.9 Å². The van der Waals surface area contributed by atoms with Crippen LogP contribution in [-0.4, -0.2) is 64.2 Å². The fraction of sp³-hybridized carbons (Fsp3) is 0.333. The van der Waals surface area contributed by atoms with Crippen molar-refractivity contribution in [3.8, 4) is 0 Å². The molecule has 1 aromatic carbocycles. The number of carbonyl (C=O) groups is 1. The quantitative estimate of drug-likeness (QED) is 0.685. The molecule has 1 saturated heterocycles. The molecule has 0 radical (unpaired) electrons. The molecular formula is C18H21ClN4O5S. The van der Waals surface area contributed by atoms with E-state index in [2.05, 4.69) is 10.3 Å². The van der Waals surface area contributed by atoms with Crippen molar-refractivity contribution < 1.29 is 22.8 Å². The van der Waals surface area contributed by atoms with E-state index in [1.54, 1.807) is 18.3 Å². The summed E-state index contributed by atoms with van der Waals surface area (Å²) in [5, 5.41) is 2.79. The van der Waals surface area contributed by atoms with Crippen LogP contribution in [0.4, 0.5) is 11.5 Å². The van der Waals surface area contributed by atoms with E-state index in [9.17, 15) is 13.2 Å². The predicted molar refractivity (Wildman–Crippen MR) is 109 cm³/mol. The number of benzene rings is 1. The lowest BCUT2D eigenvalue weighted by molar-refractivity contribution is -0.0258. The van der Waals surface area contributed by atoms with Gasteiger partial charge in [0.25, 0.3) is 15.9 Å². The van der Waals surface area contributed by atoms with Crippen LogP contribution in [0.2, 0.25) is 5.02 Å². The van der Waals surface area contributed by atoms with Gasteiger partial charge in [0.2, 0.25) is 0 Å². The van der Waals surface area contributed by atoms with Gasteiger partial charge >= 0.3 is 0 Å². The first-order valence-corrected chi connectivity index (χ1v) is 10.6. The van der Waals surface area contributed by atoms with E-state index in [1.807, 2.05) is 4.90 Å². The number of carbonyl (C=O) groups excluding carboxylic acids is 1. The molecule has 9 nitrogen and oxygen atoms in total. The standard InChI is InChI=1S/C18H21ClN4O5S/c1-22(27-2)29(25,26)16-12-13(5-6-14(16)19)18(24)21-15-4-3-7-20-17(15)23-8-10-28-11-9-23/h3-7,12H,8-11H2,1-2H3,(H,21,24). The highest BCUT2D eigenvalue weighted by atomic mass is 35.5. The molecule has 1 aliphatic rings. The third-order valence-electron chi connectivity index (χ3n) is 4.41. The number of nitrogens with zero attached hydrogens (tertiary/aromatic N) is 3. The van der Waals surface area contributed by atoms with E-state index in [0.717, 1.165) is 0 Å². The van der Waals surface area contributed by atoms with Crippen molar-refractivity contribution in [3.63, 3.8) is 0 Å². The number of halogens is 1. The molecule has 2 aromatic rings. The van der Waals surface area contributed by atoms with Crippen molar-refractivity contribution in [1.82, 2.24) is 9.45 Å². The maximum atomic E-state index is 12.8. The van der Waals surface area contributed by atoms with Gasteiger partial charge in [0.05, 0.1) is 31.0 Å². The highest BCUT2D eigenvalue weighted by molar-refractivity contribution is 7.89. The van der Waals surface area contributed by atoms with Crippen LogP contribution in [0.25, 0.3) is 0 Å². The molecule has 0 bridgehead atoms. The van der Waals surface area contributed by atoms with Crippen LogP contribution in [-0.2, 0) is 19.6 Å². The monoisotopic (exact) mass is 440 g/mol. The molecule has 0 unspecified atom stereocenters. The SMILES string of the molecule is CON(C)S(=O)(=O)c1cc(C(=O)Nc2cccnc2N2CCOCC2)ccc1Cl. The van der Waals surface area contributed by atoms with Crippen LogP contribution in [0.3, 0.4) is 0 Å².